The zero-order valence-electron chi connectivity index (χ0n) is 18.6. The van der Waals surface area contributed by atoms with E-state index in [-0.39, 0.29) is 22.7 Å². The van der Waals surface area contributed by atoms with Crippen LogP contribution in [0, 0.1) is 6.92 Å². The summed E-state index contributed by atoms with van der Waals surface area (Å²) in [4.78, 5) is 33.0. The maximum atomic E-state index is 13.7. The smallest absolute Gasteiger partial charge is 0.267 e. The summed E-state index contributed by atoms with van der Waals surface area (Å²) in [6, 6.07) is 12.3. The summed E-state index contributed by atoms with van der Waals surface area (Å²) >= 11 is 0. The molecule has 0 bridgehead atoms. The number of rotatable bonds is 1. The molecule has 164 valence electrons. The van der Waals surface area contributed by atoms with Gasteiger partial charge in [-0.3, -0.25) is 9.59 Å². The van der Waals surface area contributed by atoms with E-state index in [4.69, 9.17) is 9.15 Å². The van der Waals surface area contributed by atoms with Gasteiger partial charge < -0.3 is 19.2 Å². The number of para-hydroxylation sites is 1. The summed E-state index contributed by atoms with van der Waals surface area (Å²) in [5, 5.41) is 12.2. The molecular formula is C25H24N2O5. The van der Waals surface area contributed by atoms with Crippen LogP contribution in [-0.4, -0.2) is 29.5 Å². The summed E-state index contributed by atoms with van der Waals surface area (Å²) in [7, 11) is 1.59. The fourth-order valence-electron chi connectivity index (χ4n) is 4.44. The van der Waals surface area contributed by atoms with Crippen molar-refractivity contribution in [3.05, 3.63) is 75.1 Å². The first-order valence-corrected chi connectivity index (χ1v) is 10.5. The standard InChI is InChI=1S/C25H24N2O5/c1-13-10-11-17-14(12-13)19(28)18-20(31-17)22(26-24(2,3)4)32-21(18)25(30)15-8-6-7-9-16(15)27(5)23(25)29/h6-12,21,30H,1-5H3/t21-,25-/m1/s1. The Balaban J connectivity index is 1.83. The van der Waals surface area contributed by atoms with Gasteiger partial charge in [0.15, 0.2) is 11.9 Å². The Labute approximate surface area is 184 Å². The summed E-state index contributed by atoms with van der Waals surface area (Å²) in [5.41, 5.74) is -0.649. The molecule has 0 aliphatic carbocycles. The molecule has 1 aromatic heterocycles. The van der Waals surface area contributed by atoms with Crippen LogP contribution in [0.5, 0.6) is 0 Å². The van der Waals surface area contributed by atoms with Crippen LogP contribution < -0.4 is 10.3 Å². The Hall–Kier alpha value is -3.45. The topological polar surface area (TPSA) is 92.3 Å². The van der Waals surface area contributed by atoms with Gasteiger partial charge in [0.05, 0.1) is 22.2 Å². The Morgan fingerprint density at radius 2 is 1.84 bits per heavy atom. The molecule has 2 aliphatic heterocycles. The summed E-state index contributed by atoms with van der Waals surface area (Å²) in [6.45, 7) is 7.54. The second-order valence-electron chi connectivity index (χ2n) is 9.41. The lowest BCUT2D eigenvalue weighted by atomic mass is 9.85. The second-order valence-corrected chi connectivity index (χ2v) is 9.41. The number of likely N-dealkylation sites (N-methyl/N-ethyl adjacent to an activating group) is 1. The minimum absolute atomic E-state index is 0.102. The Kier molecular flexibility index (Phi) is 4.17. The number of aliphatic imine (C=N–C) groups is 1. The van der Waals surface area contributed by atoms with Crippen molar-refractivity contribution in [2.45, 2.75) is 44.9 Å². The molecule has 3 heterocycles. The van der Waals surface area contributed by atoms with Crippen molar-refractivity contribution in [2.75, 3.05) is 11.9 Å². The van der Waals surface area contributed by atoms with Gasteiger partial charge in [-0.15, -0.1) is 0 Å². The minimum atomic E-state index is -2.10. The van der Waals surface area contributed by atoms with Crippen molar-refractivity contribution in [3.8, 4) is 0 Å². The highest BCUT2D eigenvalue weighted by Gasteiger charge is 2.60. The fraction of sp³-hybridized carbons (Fsp3) is 0.320. The highest BCUT2D eigenvalue weighted by molar-refractivity contribution is 6.08. The monoisotopic (exact) mass is 432 g/mol. The van der Waals surface area contributed by atoms with Gasteiger partial charge in [-0.2, -0.15) is 0 Å². The molecule has 5 rings (SSSR count). The van der Waals surface area contributed by atoms with Crippen LogP contribution >= 0.6 is 0 Å². The number of benzene rings is 2. The third-order valence-corrected chi connectivity index (χ3v) is 5.89. The number of nitrogens with zero attached hydrogens (tertiary/aromatic N) is 2. The highest BCUT2D eigenvalue weighted by atomic mass is 16.5. The molecule has 0 spiro atoms. The molecular weight excluding hydrogens is 408 g/mol. The van der Waals surface area contributed by atoms with E-state index in [1.165, 1.54) is 4.90 Å². The number of fused-ring (bicyclic) bond motifs is 3. The number of aliphatic hydroxyl groups is 1. The lowest BCUT2D eigenvalue weighted by Crippen LogP contribution is -2.44. The molecule has 0 saturated carbocycles. The molecule has 2 aliphatic rings. The van der Waals surface area contributed by atoms with Crippen LogP contribution in [0.25, 0.3) is 11.0 Å². The average molecular weight is 432 g/mol. The van der Waals surface area contributed by atoms with E-state index in [1.54, 1.807) is 43.4 Å². The van der Waals surface area contributed by atoms with E-state index < -0.39 is 23.2 Å². The SMILES string of the molecule is Cc1ccc2oc3c(c(=O)c2c1)[C@H]([C@@]1(O)C(=O)N(C)c2ccccc21)OC3=NC(C)(C)C. The van der Waals surface area contributed by atoms with Crippen molar-refractivity contribution in [3.63, 3.8) is 0 Å². The van der Waals surface area contributed by atoms with Gasteiger partial charge in [0, 0.05) is 12.6 Å². The van der Waals surface area contributed by atoms with E-state index >= 15 is 0 Å². The normalized spacial score (nSPS) is 23.6. The van der Waals surface area contributed by atoms with Gasteiger partial charge in [-0.1, -0.05) is 29.8 Å². The van der Waals surface area contributed by atoms with Crippen LogP contribution in [0.15, 0.2) is 56.7 Å². The Morgan fingerprint density at radius 1 is 1.12 bits per heavy atom. The second kappa shape index (κ2) is 6.53. The number of aryl methyl sites for hydroxylation is 1. The first-order valence-electron chi connectivity index (χ1n) is 10.5. The zero-order valence-corrected chi connectivity index (χ0v) is 18.6. The minimum Gasteiger partial charge on any atom is -0.463 e. The van der Waals surface area contributed by atoms with Crippen molar-refractivity contribution in [1.29, 1.82) is 0 Å². The maximum absolute atomic E-state index is 13.7. The van der Waals surface area contributed by atoms with Gasteiger partial charge in [-0.05, 0) is 45.9 Å². The number of anilines is 1. The Bertz CT molecular complexity index is 1380. The maximum Gasteiger partial charge on any atom is 0.267 e. The van der Waals surface area contributed by atoms with Gasteiger partial charge in [0.25, 0.3) is 11.8 Å². The quantitative estimate of drug-likeness (QED) is 0.635. The first-order chi connectivity index (χ1) is 15.0. The molecule has 1 amide bonds. The van der Waals surface area contributed by atoms with Gasteiger partial charge >= 0.3 is 0 Å². The summed E-state index contributed by atoms with van der Waals surface area (Å²) in [5.74, 6) is -0.319. The molecule has 7 nitrogen and oxygen atoms in total. The van der Waals surface area contributed by atoms with Crippen molar-refractivity contribution < 1.29 is 19.1 Å². The van der Waals surface area contributed by atoms with Gasteiger partial charge in [0.1, 0.15) is 5.58 Å². The molecule has 2 aromatic carbocycles. The predicted octanol–water partition coefficient (Wildman–Crippen LogP) is 3.58. The molecule has 32 heavy (non-hydrogen) atoms. The van der Waals surface area contributed by atoms with E-state index in [0.717, 1.165) is 5.56 Å². The molecule has 0 saturated heterocycles. The van der Waals surface area contributed by atoms with E-state index in [2.05, 4.69) is 4.99 Å². The summed E-state index contributed by atoms with van der Waals surface area (Å²) < 4.78 is 12.2. The molecule has 1 N–H and O–H groups in total. The largest absolute Gasteiger partial charge is 0.463 e. The zero-order chi connectivity index (χ0) is 23.0. The molecule has 0 radical (unpaired) electrons. The number of carbonyl (C=O) groups excluding carboxylic acids is 1. The van der Waals surface area contributed by atoms with Crippen LogP contribution in [0.2, 0.25) is 0 Å². The number of hydrogen-bond acceptors (Lipinski definition) is 6. The van der Waals surface area contributed by atoms with Crippen LogP contribution in [0.4, 0.5) is 5.69 Å². The van der Waals surface area contributed by atoms with Crippen molar-refractivity contribution in [1.82, 2.24) is 0 Å². The van der Waals surface area contributed by atoms with Crippen LogP contribution in [0.3, 0.4) is 0 Å². The highest BCUT2D eigenvalue weighted by Crippen LogP contribution is 2.51. The molecule has 3 aromatic rings. The van der Waals surface area contributed by atoms with Gasteiger partial charge in [0.2, 0.25) is 11.0 Å². The number of carbonyl (C=O) groups is 1. The van der Waals surface area contributed by atoms with E-state index in [0.29, 0.717) is 22.2 Å². The lowest BCUT2D eigenvalue weighted by Gasteiger charge is -2.28. The summed E-state index contributed by atoms with van der Waals surface area (Å²) in [6.07, 6.45) is -1.29. The fourth-order valence-corrected chi connectivity index (χ4v) is 4.44. The Morgan fingerprint density at radius 3 is 2.56 bits per heavy atom. The van der Waals surface area contributed by atoms with Gasteiger partial charge in [-0.25, -0.2) is 4.99 Å². The van der Waals surface area contributed by atoms with Crippen molar-refractivity contribution in [2.24, 2.45) is 4.99 Å². The number of ether oxygens (including phenoxy) is 1. The molecule has 7 heteroatoms. The number of amides is 1. The molecule has 0 unspecified atom stereocenters. The third-order valence-electron chi connectivity index (χ3n) is 5.89. The van der Waals surface area contributed by atoms with E-state index in [9.17, 15) is 14.7 Å². The van der Waals surface area contributed by atoms with Crippen LogP contribution in [0.1, 0.15) is 49.3 Å². The number of hydrogen-bond donors (Lipinski definition) is 1. The third kappa shape index (κ3) is 2.74. The van der Waals surface area contributed by atoms with E-state index in [1.807, 2.05) is 33.8 Å². The molecule has 0 fully saturated rings. The first kappa shape index (κ1) is 20.5. The van der Waals surface area contributed by atoms with Crippen LogP contribution in [-0.2, 0) is 15.1 Å². The average Bonchev–Trinajstić information content (AvgIpc) is 3.18. The van der Waals surface area contributed by atoms with Crippen molar-refractivity contribution >= 4 is 28.5 Å². The molecule has 2 atom stereocenters. The lowest BCUT2D eigenvalue weighted by molar-refractivity contribution is -0.147. The predicted molar refractivity (Wildman–Crippen MR) is 121 cm³/mol.